The first kappa shape index (κ1) is 13.3. The summed E-state index contributed by atoms with van der Waals surface area (Å²) in [7, 11) is 3.09. The molecule has 102 valence electrons. The Morgan fingerprint density at radius 3 is 2.63 bits per heavy atom. The molecule has 1 aromatic carbocycles. The Morgan fingerprint density at radius 1 is 1.53 bits per heavy atom. The molecule has 1 aromatic rings. The molecule has 1 N–H and O–H groups in total. The Hall–Kier alpha value is -2.18. The van der Waals surface area contributed by atoms with Crippen molar-refractivity contribution >= 4 is 17.3 Å². The summed E-state index contributed by atoms with van der Waals surface area (Å²) in [6.45, 7) is 0. The molecule has 7 heteroatoms. The number of halogens is 1. The molecule has 0 radical (unpaired) electrons. The monoisotopic (exact) mass is 267 g/mol. The van der Waals surface area contributed by atoms with E-state index in [0.717, 1.165) is 18.9 Å². The number of amides is 1. The van der Waals surface area contributed by atoms with Crippen LogP contribution < -0.4 is 5.32 Å². The number of carbonyl (C=O) groups is 1. The van der Waals surface area contributed by atoms with E-state index in [1.807, 2.05) is 0 Å². The van der Waals surface area contributed by atoms with E-state index in [0.29, 0.717) is 0 Å². The standard InChI is InChI=1S/C12H14FN3O3/c1-14-10-5-8(11(16(18)19)6-9(10)13)12(17)15(2)7-3-4-7/h5-7,14H,3-4H2,1-2H3. The summed E-state index contributed by atoms with van der Waals surface area (Å²) in [4.78, 5) is 23.9. The van der Waals surface area contributed by atoms with Gasteiger partial charge >= 0.3 is 0 Å². The van der Waals surface area contributed by atoms with Crippen LogP contribution in [0.4, 0.5) is 15.8 Å². The summed E-state index contributed by atoms with van der Waals surface area (Å²) < 4.78 is 13.5. The van der Waals surface area contributed by atoms with Crippen molar-refractivity contribution in [3.05, 3.63) is 33.6 Å². The van der Waals surface area contributed by atoms with Gasteiger partial charge in [-0.15, -0.1) is 0 Å². The van der Waals surface area contributed by atoms with Crippen molar-refractivity contribution < 1.29 is 14.1 Å². The Bertz CT molecular complexity index is 543. The Balaban J connectivity index is 2.46. The van der Waals surface area contributed by atoms with Gasteiger partial charge in [0.15, 0.2) is 5.82 Å². The fourth-order valence-electron chi connectivity index (χ4n) is 1.89. The van der Waals surface area contributed by atoms with Gasteiger partial charge in [0.05, 0.1) is 16.7 Å². The topological polar surface area (TPSA) is 75.5 Å². The molecule has 0 unspecified atom stereocenters. The van der Waals surface area contributed by atoms with Gasteiger partial charge in [0.1, 0.15) is 5.56 Å². The number of anilines is 1. The minimum Gasteiger partial charge on any atom is -0.386 e. The Labute approximate surface area is 109 Å². The van der Waals surface area contributed by atoms with Crippen molar-refractivity contribution in [3.63, 3.8) is 0 Å². The molecule has 1 fully saturated rings. The van der Waals surface area contributed by atoms with Crippen molar-refractivity contribution in [2.45, 2.75) is 18.9 Å². The van der Waals surface area contributed by atoms with E-state index in [2.05, 4.69) is 5.32 Å². The normalized spacial score (nSPS) is 14.1. The minimum absolute atomic E-state index is 0.0677. The van der Waals surface area contributed by atoms with Crippen LogP contribution in [0, 0.1) is 15.9 Å². The average molecular weight is 267 g/mol. The molecule has 0 heterocycles. The molecule has 1 saturated carbocycles. The maximum absolute atomic E-state index is 13.5. The molecule has 6 nitrogen and oxygen atoms in total. The molecule has 0 spiro atoms. The van der Waals surface area contributed by atoms with Gasteiger partial charge in [-0.3, -0.25) is 14.9 Å². The van der Waals surface area contributed by atoms with Crippen LogP contribution in [0.1, 0.15) is 23.2 Å². The molecule has 1 amide bonds. The number of nitro benzene ring substituents is 1. The zero-order valence-corrected chi connectivity index (χ0v) is 10.6. The fourth-order valence-corrected chi connectivity index (χ4v) is 1.89. The predicted octanol–water partition coefficient (Wildman–Crippen LogP) is 2.01. The fraction of sp³-hybridized carbons (Fsp3) is 0.417. The summed E-state index contributed by atoms with van der Waals surface area (Å²) >= 11 is 0. The van der Waals surface area contributed by atoms with Crippen LogP contribution in [-0.4, -0.2) is 35.9 Å². The number of carbonyl (C=O) groups excluding carboxylic acids is 1. The lowest BCUT2D eigenvalue weighted by Gasteiger charge is -2.17. The number of rotatable bonds is 4. The number of nitro groups is 1. The third kappa shape index (κ3) is 2.49. The number of nitrogens with one attached hydrogen (secondary N) is 1. The molecule has 0 saturated heterocycles. The zero-order chi connectivity index (χ0) is 14.2. The van der Waals surface area contributed by atoms with Crippen molar-refractivity contribution in [1.29, 1.82) is 0 Å². The summed E-state index contributed by atoms with van der Waals surface area (Å²) in [6.07, 6.45) is 1.80. The van der Waals surface area contributed by atoms with E-state index in [-0.39, 0.29) is 17.3 Å². The molecule has 0 atom stereocenters. The number of hydrogen-bond donors (Lipinski definition) is 1. The molecule has 1 aliphatic rings. The van der Waals surface area contributed by atoms with Crippen LogP contribution in [0.5, 0.6) is 0 Å². The molecular formula is C12H14FN3O3. The number of benzene rings is 1. The van der Waals surface area contributed by atoms with Gasteiger partial charge in [-0.25, -0.2) is 4.39 Å². The average Bonchev–Trinajstić information content (AvgIpc) is 3.20. The van der Waals surface area contributed by atoms with Gasteiger partial charge in [-0.1, -0.05) is 0 Å². The predicted molar refractivity (Wildman–Crippen MR) is 67.7 cm³/mol. The Morgan fingerprint density at radius 2 is 2.16 bits per heavy atom. The van der Waals surface area contributed by atoms with Crippen molar-refractivity contribution in [3.8, 4) is 0 Å². The third-order valence-corrected chi connectivity index (χ3v) is 3.20. The second-order valence-electron chi connectivity index (χ2n) is 4.50. The second-order valence-corrected chi connectivity index (χ2v) is 4.50. The SMILES string of the molecule is CNc1cc(C(=O)N(C)C2CC2)c([N+](=O)[O-])cc1F. The zero-order valence-electron chi connectivity index (χ0n) is 10.6. The number of nitrogens with zero attached hydrogens (tertiary/aromatic N) is 2. The lowest BCUT2D eigenvalue weighted by Crippen LogP contribution is -2.29. The van der Waals surface area contributed by atoms with Gasteiger partial charge < -0.3 is 10.2 Å². The van der Waals surface area contributed by atoms with Crippen LogP contribution in [0.15, 0.2) is 12.1 Å². The highest BCUT2D eigenvalue weighted by molar-refractivity contribution is 5.99. The molecule has 19 heavy (non-hydrogen) atoms. The first-order valence-electron chi connectivity index (χ1n) is 5.88. The second kappa shape index (κ2) is 4.83. The maximum Gasteiger partial charge on any atom is 0.285 e. The highest BCUT2D eigenvalue weighted by Crippen LogP contribution is 2.31. The summed E-state index contributed by atoms with van der Waals surface area (Å²) in [5.74, 6) is -1.20. The summed E-state index contributed by atoms with van der Waals surface area (Å²) in [5.41, 5.74) is -0.530. The van der Waals surface area contributed by atoms with Crippen LogP contribution in [0.3, 0.4) is 0 Å². The molecule has 0 aliphatic heterocycles. The maximum atomic E-state index is 13.5. The third-order valence-electron chi connectivity index (χ3n) is 3.20. The highest BCUT2D eigenvalue weighted by Gasteiger charge is 2.33. The van der Waals surface area contributed by atoms with Crippen molar-refractivity contribution in [2.75, 3.05) is 19.4 Å². The van der Waals surface area contributed by atoms with Crippen LogP contribution in [0.25, 0.3) is 0 Å². The summed E-state index contributed by atoms with van der Waals surface area (Å²) in [5, 5.41) is 13.5. The smallest absolute Gasteiger partial charge is 0.285 e. The molecule has 2 rings (SSSR count). The summed E-state index contributed by atoms with van der Waals surface area (Å²) in [6, 6.07) is 2.10. The number of hydrogen-bond acceptors (Lipinski definition) is 4. The van der Waals surface area contributed by atoms with E-state index >= 15 is 0 Å². The lowest BCUT2D eigenvalue weighted by atomic mass is 10.1. The van der Waals surface area contributed by atoms with Gasteiger partial charge in [0.25, 0.3) is 11.6 Å². The Kier molecular flexibility index (Phi) is 3.37. The molecular weight excluding hydrogens is 253 g/mol. The molecule has 1 aliphatic carbocycles. The van der Waals surface area contributed by atoms with E-state index in [4.69, 9.17) is 0 Å². The van der Waals surface area contributed by atoms with E-state index in [1.54, 1.807) is 7.05 Å². The van der Waals surface area contributed by atoms with Crippen LogP contribution in [0.2, 0.25) is 0 Å². The highest BCUT2D eigenvalue weighted by atomic mass is 19.1. The molecule has 0 aromatic heterocycles. The first-order valence-corrected chi connectivity index (χ1v) is 5.88. The van der Waals surface area contributed by atoms with Gasteiger partial charge in [-0.05, 0) is 18.9 Å². The van der Waals surface area contributed by atoms with Crippen molar-refractivity contribution in [1.82, 2.24) is 4.90 Å². The van der Waals surface area contributed by atoms with Gasteiger partial charge in [-0.2, -0.15) is 0 Å². The largest absolute Gasteiger partial charge is 0.386 e. The van der Waals surface area contributed by atoms with Crippen molar-refractivity contribution in [2.24, 2.45) is 0 Å². The minimum atomic E-state index is -0.750. The lowest BCUT2D eigenvalue weighted by molar-refractivity contribution is -0.385. The van der Waals surface area contributed by atoms with E-state index in [9.17, 15) is 19.3 Å². The quantitative estimate of drug-likeness (QED) is 0.668. The van der Waals surface area contributed by atoms with Gasteiger partial charge in [0, 0.05) is 20.1 Å². The van der Waals surface area contributed by atoms with E-state index < -0.39 is 22.3 Å². The van der Waals surface area contributed by atoms with Gasteiger partial charge in [0.2, 0.25) is 0 Å². The van der Waals surface area contributed by atoms with Crippen LogP contribution >= 0.6 is 0 Å². The van der Waals surface area contributed by atoms with Crippen LogP contribution in [-0.2, 0) is 0 Å². The van der Waals surface area contributed by atoms with E-state index in [1.165, 1.54) is 18.0 Å². The first-order chi connectivity index (χ1) is 8.95. The molecule has 0 bridgehead atoms.